The zero-order valence-electron chi connectivity index (χ0n) is 13.6. The lowest BCUT2D eigenvalue weighted by Crippen LogP contribution is -2.42. The van der Waals surface area contributed by atoms with Crippen LogP contribution in [-0.4, -0.2) is 44.7 Å². The van der Waals surface area contributed by atoms with Crippen molar-refractivity contribution in [1.82, 2.24) is 4.90 Å². The SMILES string of the molecule is CCOC(=O)[C@@H](C)N1C(=O)S/C(=C/c2cc(Cl)cc([N+](=O)[O-])c2O)C1=O. The van der Waals surface area contributed by atoms with Crippen LogP contribution in [0.15, 0.2) is 17.0 Å². The molecule has 1 aromatic carbocycles. The monoisotopic (exact) mass is 400 g/mol. The molecule has 0 radical (unpaired) electrons. The summed E-state index contributed by atoms with van der Waals surface area (Å²) in [5.74, 6) is -2.20. The van der Waals surface area contributed by atoms with Gasteiger partial charge in [0.05, 0.1) is 16.4 Å². The Hall–Kier alpha value is -2.59. The van der Waals surface area contributed by atoms with Crippen molar-refractivity contribution in [2.75, 3.05) is 6.61 Å². The third-order valence-corrected chi connectivity index (χ3v) is 4.51. The minimum atomic E-state index is -1.13. The zero-order valence-corrected chi connectivity index (χ0v) is 15.2. The standard InChI is InChI=1S/C15H13ClN2O7S/c1-3-25-14(21)7(2)17-13(20)11(26-15(17)22)5-8-4-9(16)6-10(12(8)19)18(23)24/h4-7,19H,3H2,1-2H3/b11-5+/t7-/m1/s1. The van der Waals surface area contributed by atoms with Gasteiger partial charge in [-0.15, -0.1) is 0 Å². The summed E-state index contributed by atoms with van der Waals surface area (Å²) in [7, 11) is 0. The fourth-order valence-corrected chi connectivity index (χ4v) is 3.30. The number of hydrogen-bond acceptors (Lipinski definition) is 8. The summed E-state index contributed by atoms with van der Waals surface area (Å²) in [6.07, 6.45) is 1.11. The highest BCUT2D eigenvalue weighted by Crippen LogP contribution is 2.39. The van der Waals surface area contributed by atoms with Crippen molar-refractivity contribution in [2.45, 2.75) is 19.9 Å². The zero-order chi connectivity index (χ0) is 19.6. The molecule has 11 heteroatoms. The molecule has 0 bridgehead atoms. The second-order valence-corrected chi connectivity index (χ2v) is 6.53. The molecule has 1 aromatic rings. The Balaban J connectivity index is 2.39. The highest BCUT2D eigenvalue weighted by molar-refractivity contribution is 8.18. The van der Waals surface area contributed by atoms with Crippen LogP contribution in [0.5, 0.6) is 5.75 Å². The lowest BCUT2D eigenvalue weighted by atomic mass is 10.1. The minimum Gasteiger partial charge on any atom is -0.502 e. The van der Waals surface area contributed by atoms with E-state index in [0.29, 0.717) is 11.8 Å². The number of amides is 2. The molecule has 1 aliphatic rings. The number of halogens is 1. The molecular formula is C15H13ClN2O7S. The summed E-state index contributed by atoms with van der Waals surface area (Å²) < 4.78 is 4.80. The molecule has 0 spiro atoms. The molecule has 26 heavy (non-hydrogen) atoms. The van der Waals surface area contributed by atoms with Crippen LogP contribution in [0.3, 0.4) is 0 Å². The normalized spacial score (nSPS) is 16.9. The Bertz CT molecular complexity index is 840. The van der Waals surface area contributed by atoms with Crippen LogP contribution in [-0.2, 0) is 14.3 Å². The topological polar surface area (TPSA) is 127 Å². The summed E-state index contributed by atoms with van der Waals surface area (Å²) >= 11 is 6.33. The predicted octanol–water partition coefficient (Wildman–Crippen LogP) is 2.94. The fraction of sp³-hybridized carbons (Fsp3) is 0.267. The number of thioether (sulfide) groups is 1. The Morgan fingerprint density at radius 2 is 2.15 bits per heavy atom. The molecule has 0 unspecified atom stereocenters. The first-order valence-corrected chi connectivity index (χ1v) is 8.47. The van der Waals surface area contributed by atoms with Crippen molar-refractivity contribution in [2.24, 2.45) is 0 Å². The lowest BCUT2D eigenvalue weighted by Gasteiger charge is -2.19. The largest absolute Gasteiger partial charge is 0.502 e. The molecule has 1 heterocycles. The molecule has 2 rings (SSSR count). The second-order valence-electron chi connectivity index (χ2n) is 5.10. The van der Waals surface area contributed by atoms with E-state index < -0.39 is 39.5 Å². The van der Waals surface area contributed by atoms with Gasteiger partial charge in [-0.05, 0) is 37.8 Å². The van der Waals surface area contributed by atoms with Crippen molar-refractivity contribution in [3.8, 4) is 5.75 Å². The van der Waals surface area contributed by atoms with E-state index in [9.17, 15) is 29.6 Å². The number of imide groups is 1. The number of carbonyl (C=O) groups is 3. The summed E-state index contributed by atoms with van der Waals surface area (Å²) in [4.78, 5) is 47.0. The first-order valence-electron chi connectivity index (χ1n) is 7.28. The number of phenolic OH excluding ortho intramolecular Hbond substituents is 1. The Labute approximate surface area is 156 Å². The maximum Gasteiger partial charge on any atom is 0.329 e. The average molecular weight is 401 g/mol. The number of hydrogen-bond donors (Lipinski definition) is 1. The molecule has 0 aliphatic carbocycles. The van der Waals surface area contributed by atoms with Gasteiger partial charge < -0.3 is 9.84 Å². The lowest BCUT2D eigenvalue weighted by molar-refractivity contribution is -0.385. The number of aromatic hydroxyl groups is 1. The van der Waals surface area contributed by atoms with Gasteiger partial charge in [0.1, 0.15) is 6.04 Å². The van der Waals surface area contributed by atoms with Gasteiger partial charge in [-0.25, -0.2) is 4.79 Å². The number of benzene rings is 1. The molecule has 1 fully saturated rings. The van der Waals surface area contributed by atoms with E-state index in [-0.39, 0.29) is 22.1 Å². The number of esters is 1. The molecule has 0 aromatic heterocycles. The maximum absolute atomic E-state index is 12.4. The van der Waals surface area contributed by atoms with Crippen LogP contribution in [0.1, 0.15) is 19.4 Å². The van der Waals surface area contributed by atoms with Crippen LogP contribution < -0.4 is 0 Å². The first kappa shape index (κ1) is 19.7. The number of nitro benzene ring substituents is 1. The number of nitro groups is 1. The van der Waals surface area contributed by atoms with Crippen LogP contribution >= 0.6 is 23.4 Å². The first-order chi connectivity index (χ1) is 12.2. The molecule has 1 atom stereocenters. The van der Waals surface area contributed by atoms with Crippen molar-refractivity contribution in [1.29, 1.82) is 0 Å². The van der Waals surface area contributed by atoms with Crippen molar-refractivity contribution >= 4 is 52.2 Å². The van der Waals surface area contributed by atoms with Gasteiger partial charge in [-0.1, -0.05) is 11.6 Å². The van der Waals surface area contributed by atoms with Gasteiger partial charge in [-0.3, -0.25) is 24.6 Å². The van der Waals surface area contributed by atoms with Gasteiger partial charge >= 0.3 is 11.7 Å². The van der Waals surface area contributed by atoms with Gasteiger partial charge in [0.25, 0.3) is 11.1 Å². The van der Waals surface area contributed by atoms with E-state index in [4.69, 9.17) is 16.3 Å². The molecular weight excluding hydrogens is 388 g/mol. The summed E-state index contributed by atoms with van der Waals surface area (Å²) in [5, 5.41) is 20.2. The third kappa shape index (κ3) is 3.81. The summed E-state index contributed by atoms with van der Waals surface area (Å²) in [5.41, 5.74) is -0.735. The highest BCUT2D eigenvalue weighted by Gasteiger charge is 2.41. The molecule has 1 saturated heterocycles. The van der Waals surface area contributed by atoms with Crippen LogP contribution in [0.2, 0.25) is 5.02 Å². The van der Waals surface area contributed by atoms with Gasteiger partial charge in [0.2, 0.25) is 5.75 Å². The van der Waals surface area contributed by atoms with Gasteiger partial charge in [0, 0.05) is 16.7 Å². The van der Waals surface area contributed by atoms with Crippen LogP contribution in [0.25, 0.3) is 6.08 Å². The Kier molecular flexibility index (Phi) is 5.88. The fourth-order valence-electron chi connectivity index (χ4n) is 2.18. The van der Waals surface area contributed by atoms with Gasteiger partial charge in [-0.2, -0.15) is 0 Å². The summed E-state index contributed by atoms with van der Waals surface area (Å²) in [6, 6.07) is 1.05. The van der Waals surface area contributed by atoms with E-state index in [1.54, 1.807) is 6.92 Å². The molecule has 0 saturated carbocycles. The number of rotatable bonds is 5. The van der Waals surface area contributed by atoms with E-state index in [1.165, 1.54) is 13.0 Å². The molecule has 1 aliphatic heterocycles. The van der Waals surface area contributed by atoms with Crippen molar-refractivity contribution < 1.29 is 29.2 Å². The predicted molar refractivity (Wildman–Crippen MR) is 93.7 cm³/mol. The smallest absolute Gasteiger partial charge is 0.329 e. The number of carbonyl (C=O) groups excluding carboxylic acids is 3. The van der Waals surface area contributed by atoms with Crippen LogP contribution in [0, 0.1) is 10.1 Å². The van der Waals surface area contributed by atoms with Crippen LogP contribution in [0.4, 0.5) is 10.5 Å². The molecule has 138 valence electrons. The van der Waals surface area contributed by atoms with E-state index in [0.717, 1.165) is 17.0 Å². The number of ether oxygens (including phenoxy) is 1. The van der Waals surface area contributed by atoms with E-state index in [2.05, 4.69) is 0 Å². The minimum absolute atomic E-state index is 0.0279. The number of phenols is 1. The van der Waals surface area contributed by atoms with Gasteiger partial charge in [0.15, 0.2) is 0 Å². The Morgan fingerprint density at radius 1 is 1.50 bits per heavy atom. The third-order valence-electron chi connectivity index (χ3n) is 3.41. The quantitative estimate of drug-likeness (QED) is 0.346. The van der Waals surface area contributed by atoms with Crippen molar-refractivity contribution in [3.63, 3.8) is 0 Å². The molecule has 2 amide bonds. The average Bonchev–Trinajstić information content (AvgIpc) is 2.83. The summed E-state index contributed by atoms with van der Waals surface area (Å²) in [6.45, 7) is 3.03. The maximum atomic E-state index is 12.4. The van der Waals surface area contributed by atoms with E-state index >= 15 is 0 Å². The second kappa shape index (κ2) is 7.75. The van der Waals surface area contributed by atoms with E-state index in [1.807, 2.05) is 0 Å². The number of nitrogens with zero attached hydrogens (tertiary/aromatic N) is 2. The highest BCUT2D eigenvalue weighted by atomic mass is 35.5. The molecule has 9 nitrogen and oxygen atoms in total. The Morgan fingerprint density at radius 3 is 2.73 bits per heavy atom. The van der Waals surface area contributed by atoms with Crippen molar-refractivity contribution in [3.05, 3.63) is 37.7 Å². The molecule has 1 N–H and O–H groups in total.